The number of amides is 3. The molecular formula is C24H26FN5O4. The third kappa shape index (κ3) is 4.21. The van der Waals surface area contributed by atoms with Crippen LogP contribution in [0.25, 0.3) is 0 Å². The van der Waals surface area contributed by atoms with Gasteiger partial charge in [-0.05, 0) is 36.2 Å². The molecule has 5 rings (SSSR count). The number of imide groups is 1. The number of carbonyl (C=O) groups excluding carboxylic acids is 3. The van der Waals surface area contributed by atoms with Crippen molar-refractivity contribution in [2.75, 3.05) is 38.2 Å². The number of pyridine rings is 1. The van der Waals surface area contributed by atoms with Crippen molar-refractivity contribution < 1.29 is 23.5 Å². The van der Waals surface area contributed by atoms with E-state index in [1.54, 1.807) is 19.4 Å². The van der Waals surface area contributed by atoms with Crippen molar-refractivity contribution in [1.29, 1.82) is 0 Å². The number of nitrogens with zero attached hydrogens (tertiary/aromatic N) is 4. The van der Waals surface area contributed by atoms with Crippen LogP contribution in [0.15, 0.2) is 30.5 Å². The van der Waals surface area contributed by atoms with Crippen LogP contribution in [0.1, 0.15) is 34.5 Å². The number of benzene rings is 1. The van der Waals surface area contributed by atoms with Gasteiger partial charge in [-0.15, -0.1) is 0 Å². The molecule has 0 spiro atoms. The second-order valence-electron chi connectivity index (χ2n) is 8.81. The Labute approximate surface area is 196 Å². The van der Waals surface area contributed by atoms with Crippen LogP contribution >= 0.6 is 0 Å². The van der Waals surface area contributed by atoms with Crippen molar-refractivity contribution in [2.45, 2.75) is 32.0 Å². The molecule has 3 aliphatic rings. The first kappa shape index (κ1) is 22.3. The number of ether oxygens (including phenoxy) is 1. The number of fused-ring (bicyclic) bond motifs is 1. The van der Waals surface area contributed by atoms with Gasteiger partial charge >= 0.3 is 0 Å². The zero-order chi connectivity index (χ0) is 23.8. The number of nitrogens with one attached hydrogen (secondary N) is 1. The Morgan fingerprint density at radius 2 is 1.94 bits per heavy atom. The number of piperidine rings is 1. The van der Waals surface area contributed by atoms with Crippen LogP contribution in [0.3, 0.4) is 0 Å². The van der Waals surface area contributed by atoms with E-state index in [0.717, 1.165) is 24.5 Å². The molecule has 4 heterocycles. The van der Waals surface area contributed by atoms with E-state index in [1.807, 2.05) is 17.0 Å². The largest absolute Gasteiger partial charge is 0.495 e. The van der Waals surface area contributed by atoms with Crippen molar-refractivity contribution >= 4 is 23.4 Å². The van der Waals surface area contributed by atoms with Crippen LogP contribution in [-0.2, 0) is 22.7 Å². The van der Waals surface area contributed by atoms with Gasteiger partial charge in [-0.1, -0.05) is 0 Å². The van der Waals surface area contributed by atoms with Crippen molar-refractivity contribution in [3.05, 3.63) is 53.1 Å². The molecule has 9 nitrogen and oxygen atoms in total. The van der Waals surface area contributed by atoms with E-state index in [2.05, 4.69) is 15.2 Å². The van der Waals surface area contributed by atoms with Crippen LogP contribution in [-0.4, -0.2) is 71.8 Å². The first-order valence-corrected chi connectivity index (χ1v) is 11.4. The molecule has 10 heteroatoms. The van der Waals surface area contributed by atoms with E-state index in [9.17, 15) is 14.4 Å². The molecule has 1 unspecified atom stereocenters. The lowest BCUT2D eigenvalue weighted by Gasteiger charge is -2.36. The Balaban J connectivity index is 1.25. The topological polar surface area (TPSA) is 95.1 Å². The van der Waals surface area contributed by atoms with Crippen LogP contribution in [0, 0.1) is 5.82 Å². The number of carbonyl (C=O) groups is 3. The van der Waals surface area contributed by atoms with E-state index in [0.29, 0.717) is 30.9 Å². The minimum absolute atomic E-state index is 0.187. The lowest BCUT2D eigenvalue weighted by Crippen LogP contribution is -2.52. The molecule has 0 radical (unpaired) electrons. The Kier molecular flexibility index (Phi) is 5.91. The van der Waals surface area contributed by atoms with Crippen molar-refractivity contribution in [3.63, 3.8) is 0 Å². The summed E-state index contributed by atoms with van der Waals surface area (Å²) in [5, 5.41) is 2.29. The number of hydrogen-bond donors (Lipinski definition) is 1. The average Bonchev–Trinajstić information content (AvgIpc) is 3.15. The van der Waals surface area contributed by atoms with Gasteiger partial charge in [-0.2, -0.15) is 0 Å². The highest BCUT2D eigenvalue weighted by atomic mass is 19.1. The van der Waals surface area contributed by atoms with E-state index in [4.69, 9.17) is 4.74 Å². The summed E-state index contributed by atoms with van der Waals surface area (Å²) < 4.78 is 20.2. The summed E-state index contributed by atoms with van der Waals surface area (Å²) in [4.78, 5) is 46.7. The van der Waals surface area contributed by atoms with Gasteiger partial charge in [0.25, 0.3) is 5.91 Å². The minimum atomic E-state index is -0.709. The molecule has 3 amide bonds. The van der Waals surface area contributed by atoms with Gasteiger partial charge < -0.3 is 14.5 Å². The van der Waals surface area contributed by atoms with Crippen molar-refractivity contribution in [1.82, 2.24) is 20.1 Å². The molecule has 0 bridgehead atoms. The fourth-order valence-electron chi connectivity index (χ4n) is 4.82. The predicted octanol–water partition coefficient (Wildman–Crippen LogP) is 1.31. The fraction of sp³-hybridized carbons (Fsp3) is 0.417. The van der Waals surface area contributed by atoms with Gasteiger partial charge in [-0.3, -0.25) is 29.6 Å². The SMILES string of the molecule is COc1ccc(CN2CCN(c3cc4c(cc3F)C(=O)N(C3CCC(=O)NC3=O)C4)CC2)nc1. The van der Waals surface area contributed by atoms with E-state index in [1.165, 1.54) is 11.0 Å². The van der Waals surface area contributed by atoms with Gasteiger partial charge in [0.05, 0.1) is 24.7 Å². The second kappa shape index (κ2) is 9.02. The first-order chi connectivity index (χ1) is 16.4. The normalized spacial score (nSPS) is 21.0. The summed E-state index contributed by atoms with van der Waals surface area (Å²) in [7, 11) is 1.61. The van der Waals surface area contributed by atoms with Gasteiger partial charge in [0.2, 0.25) is 11.8 Å². The number of hydrogen-bond acceptors (Lipinski definition) is 7. The van der Waals surface area contributed by atoms with Crippen molar-refractivity contribution in [3.8, 4) is 5.75 Å². The summed E-state index contributed by atoms with van der Waals surface area (Å²) in [6.07, 6.45) is 2.17. The predicted molar refractivity (Wildman–Crippen MR) is 121 cm³/mol. The van der Waals surface area contributed by atoms with Crippen LogP contribution in [0.5, 0.6) is 5.75 Å². The summed E-state index contributed by atoms with van der Waals surface area (Å²) in [6.45, 7) is 3.75. The molecule has 178 valence electrons. The van der Waals surface area contributed by atoms with Gasteiger partial charge in [0.15, 0.2) is 0 Å². The summed E-state index contributed by atoms with van der Waals surface area (Å²) in [5.74, 6) is -0.897. The molecule has 1 aromatic heterocycles. The fourth-order valence-corrected chi connectivity index (χ4v) is 4.82. The number of rotatable bonds is 5. The van der Waals surface area contributed by atoms with E-state index < -0.39 is 17.8 Å². The maximum Gasteiger partial charge on any atom is 0.255 e. The number of halogens is 1. The maximum absolute atomic E-state index is 15.0. The monoisotopic (exact) mass is 467 g/mol. The highest BCUT2D eigenvalue weighted by molar-refractivity contribution is 6.05. The van der Waals surface area contributed by atoms with Gasteiger partial charge in [0.1, 0.15) is 17.6 Å². The molecule has 0 saturated carbocycles. The quantitative estimate of drug-likeness (QED) is 0.663. The lowest BCUT2D eigenvalue weighted by atomic mass is 10.0. The molecule has 2 aromatic rings. The Hall–Kier alpha value is -3.53. The number of anilines is 1. The Morgan fingerprint density at radius 1 is 1.15 bits per heavy atom. The first-order valence-electron chi connectivity index (χ1n) is 11.4. The molecule has 2 fully saturated rings. The van der Waals surface area contributed by atoms with Gasteiger partial charge in [-0.25, -0.2) is 4.39 Å². The Bertz CT molecular complexity index is 1130. The smallest absolute Gasteiger partial charge is 0.255 e. The highest BCUT2D eigenvalue weighted by Gasteiger charge is 2.39. The van der Waals surface area contributed by atoms with E-state index in [-0.39, 0.29) is 36.8 Å². The molecule has 1 aromatic carbocycles. The third-order valence-corrected chi connectivity index (χ3v) is 6.72. The maximum atomic E-state index is 15.0. The third-order valence-electron chi connectivity index (χ3n) is 6.72. The molecule has 3 aliphatic heterocycles. The summed E-state index contributed by atoms with van der Waals surface area (Å²) in [6, 6.07) is 6.13. The van der Waals surface area contributed by atoms with Crippen molar-refractivity contribution in [2.24, 2.45) is 0 Å². The van der Waals surface area contributed by atoms with Crippen LogP contribution in [0.4, 0.5) is 10.1 Å². The zero-order valence-electron chi connectivity index (χ0n) is 18.9. The van der Waals surface area contributed by atoms with Crippen LogP contribution < -0.4 is 15.0 Å². The number of piperazine rings is 1. The standard InChI is InChI=1S/C24H26FN5O4/c1-34-17-3-2-16(26-12-17)14-28-6-8-29(9-7-28)21-10-15-13-30(24(33)18(15)11-19(21)25)20-4-5-22(31)27-23(20)32/h2-3,10-12,20H,4-9,13-14H2,1H3,(H,27,31,32). The second-order valence-corrected chi connectivity index (χ2v) is 8.81. The molecule has 1 N–H and O–H groups in total. The average molecular weight is 468 g/mol. The molecule has 0 aliphatic carbocycles. The van der Waals surface area contributed by atoms with E-state index >= 15 is 4.39 Å². The minimum Gasteiger partial charge on any atom is -0.495 e. The van der Waals surface area contributed by atoms with Gasteiger partial charge in [0, 0.05) is 51.3 Å². The molecular weight excluding hydrogens is 441 g/mol. The molecule has 2 saturated heterocycles. The molecule has 34 heavy (non-hydrogen) atoms. The Morgan fingerprint density at radius 3 is 2.62 bits per heavy atom. The summed E-state index contributed by atoms with van der Waals surface area (Å²) >= 11 is 0. The summed E-state index contributed by atoms with van der Waals surface area (Å²) in [5.41, 5.74) is 2.41. The number of methoxy groups -OCH3 is 1. The highest BCUT2D eigenvalue weighted by Crippen LogP contribution is 2.33. The zero-order valence-corrected chi connectivity index (χ0v) is 18.9. The molecule has 1 atom stereocenters. The lowest BCUT2D eigenvalue weighted by molar-refractivity contribution is -0.136. The van der Waals surface area contributed by atoms with Crippen LogP contribution in [0.2, 0.25) is 0 Å². The number of aromatic nitrogens is 1.